The van der Waals surface area contributed by atoms with Crippen molar-refractivity contribution in [3.05, 3.63) is 96.1 Å². The van der Waals surface area contributed by atoms with Crippen LogP contribution in [0.5, 0.6) is 11.5 Å². The molecule has 0 aromatic heterocycles. The Kier molecular flexibility index (Phi) is 8.28. The molecule has 0 saturated heterocycles. The summed E-state index contributed by atoms with van der Waals surface area (Å²) in [6.07, 6.45) is 1.75. The van der Waals surface area contributed by atoms with Crippen LogP contribution >= 0.6 is 0 Å². The Hall–Kier alpha value is -4.37. The largest absolute Gasteiger partial charge is 0.508 e. The summed E-state index contributed by atoms with van der Waals surface area (Å²) in [6.45, 7) is 3.72. The van der Waals surface area contributed by atoms with Crippen LogP contribution in [0.15, 0.2) is 94.9 Å². The number of anilines is 1. The number of sulfonamides is 1. The number of hydrazone groups is 1. The molecule has 38 heavy (non-hydrogen) atoms. The Labute approximate surface area is 222 Å². The molecule has 1 amide bonds. The molecule has 0 bridgehead atoms. The number of nitrogens with one attached hydrogen (secondary N) is 1. The lowest BCUT2D eigenvalue weighted by atomic mass is 10.0. The first-order valence-electron chi connectivity index (χ1n) is 12.1. The Morgan fingerprint density at radius 2 is 1.71 bits per heavy atom. The number of rotatable bonds is 10. The maximum Gasteiger partial charge on any atom is 0.264 e. The van der Waals surface area contributed by atoms with Crippen LogP contribution in [0.25, 0.3) is 10.8 Å². The van der Waals surface area contributed by atoms with Gasteiger partial charge in [0.2, 0.25) is 0 Å². The summed E-state index contributed by atoms with van der Waals surface area (Å²) < 4.78 is 33.5. The number of carbonyl (C=O) groups is 1. The Morgan fingerprint density at radius 3 is 2.42 bits per heavy atom. The quantitative estimate of drug-likeness (QED) is 0.226. The number of phenols is 1. The summed E-state index contributed by atoms with van der Waals surface area (Å²) in [7, 11) is -4.07. The number of benzene rings is 4. The molecule has 0 heterocycles. The lowest BCUT2D eigenvalue weighted by Gasteiger charge is -2.24. The summed E-state index contributed by atoms with van der Waals surface area (Å²) in [6, 6.07) is 24.0. The molecule has 0 aliphatic carbocycles. The van der Waals surface area contributed by atoms with E-state index in [4.69, 9.17) is 4.74 Å². The second-order valence-electron chi connectivity index (χ2n) is 8.59. The Balaban J connectivity index is 1.51. The lowest BCUT2D eigenvalue weighted by molar-refractivity contribution is -0.119. The van der Waals surface area contributed by atoms with E-state index in [-0.39, 0.29) is 17.1 Å². The van der Waals surface area contributed by atoms with Crippen molar-refractivity contribution < 1.29 is 23.1 Å². The van der Waals surface area contributed by atoms with Crippen molar-refractivity contribution in [2.75, 3.05) is 17.5 Å². The molecule has 4 rings (SSSR count). The number of nitrogens with zero attached hydrogens (tertiary/aromatic N) is 2. The highest BCUT2D eigenvalue weighted by atomic mass is 32.2. The first-order valence-corrected chi connectivity index (χ1v) is 13.6. The van der Waals surface area contributed by atoms with Crippen molar-refractivity contribution in [1.29, 1.82) is 0 Å². The van der Waals surface area contributed by atoms with E-state index in [1.54, 1.807) is 42.5 Å². The van der Waals surface area contributed by atoms with Gasteiger partial charge in [0, 0.05) is 18.2 Å². The van der Waals surface area contributed by atoms with E-state index in [1.807, 2.05) is 44.2 Å². The first kappa shape index (κ1) is 26.7. The Bertz CT molecular complexity index is 1550. The smallest absolute Gasteiger partial charge is 0.264 e. The molecule has 0 fully saturated rings. The number of carbonyl (C=O) groups excluding carboxylic acids is 1. The molecule has 2 N–H and O–H groups in total. The van der Waals surface area contributed by atoms with Crippen LogP contribution in [-0.2, 0) is 21.2 Å². The number of phenolic OH excluding ortho intramolecular Hbond substituents is 1. The molecule has 0 unspecified atom stereocenters. The van der Waals surface area contributed by atoms with Gasteiger partial charge in [-0.05, 0) is 67.1 Å². The van der Waals surface area contributed by atoms with E-state index in [1.165, 1.54) is 18.3 Å². The van der Waals surface area contributed by atoms with Crippen molar-refractivity contribution in [3.8, 4) is 11.5 Å². The molecular formula is C29H29N3O5S. The Morgan fingerprint density at radius 1 is 1.00 bits per heavy atom. The van der Waals surface area contributed by atoms with E-state index >= 15 is 0 Å². The van der Waals surface area contributed by atoms with Gasteiger partial charge in [-0.2, -0.15) is 5.10 Å². The topological polar surface area (TPSA) is 108 Å². The van der Waals surface area contributed by atoms with Gasteiger partial charge in [0.25, 0.3) is 15.9 Å². The van der Waals surface area contributed by atoms with Crippen molar-refractivity contribution in [2.24, 2.45) is 5.10 Å². The van der Waals surface area contributed by atoms with Gasteiger partial charge < -0.3 is 9.84 Å². The molecule has 0 saturated carbocycles. The summed E-state index contributed by atoms with van der Waals surface area (Å²) in [4.78, 5) is 12.8. The van der Waals surface area contributed by atoms with Gasteiger partial charge in [0.15, 0.2) is 0 Å². The molecule has 0 aliphatic heterocycles. The highest BCUT2D eigenvalue weighted by Gasteiger charge is 2.27. The fourth-order valence-electron chi connectivity index (χ4n) is 3.99. The van der Waals surface area contributed by atoms with Crippen LogP contribution in [0.4, 0.5) is 5.69 Å². The van der Waals surface area contributed by atoms with Crippen molar-refractivity contribution in [1.82, 2.24) is 5.43 Å². The minimum Gasteiger partial charge on any atom is -0.508 e. The third-order valence-corrected chi connectivity index (χ3v) is 7.71. The number of aromatic hydroxyl groups is 1. The van der Waals surface area contributed by atoms with Crippen molar-refractivity contribution >= 4 is 38.6 Å². The number of hydrogen-bond donors (Lipinski definition) is 2. The molecule has 8 nitrogen and oxygen atoms in total. The predicted molar refractivity (Wildman–Crippen MR) is 149 cm³/mol. The van der Waals surface area contributed by atoms with Crippen LogP contribution in [0.1, 0.15) is 18.1 Å². The zero-order valence-electron chi connectivity index (χ0n) is 21.2. The highest BCUT2D eigenvalue weighted by Crippen LogP contribution is 2.27. The standard InChI is InChI=1S/C29H29N3O5S/c1-3-37-24-13-15-25(16-14-24)38(35,36)32(23-11-8-21(2)9-12-23)20-29(34)31-30-19-18-27-26-7-5-4-6-22(26)10-17-28(27)33/h4-17,19,33H,3,18,20H2,1-2H3,(H,31,34)/b30-19-. The van der Waals surface area contributed by atoms with Crippen molar-refractivity contribution in [2.45, 2.75) is 25.2 Å². The summed E-state index contributed by atoms with van der Waals surface area (Å²) >= 11 is 0. The van der Waals surface area contributed by atoms with E-state index in [0.29, 0.717) is 23.6 Å². The highest BCUT2D eigenvalue weighted by molar-refractivity contribution is 7.92. The number of aryl methyl sites for hydroxylation is 1. The van der Waals surface area contributed by atoms with Crippen LogP contribution in [0.2, 0.25) is 0 Å². The number of hydrogen-bond acceptors (Lipinski definition) is 6. The summed E-state index contributed by atoms with van der Waals surface area (Å²) in [5, 5.41) is 16.1. The number of fused-ring (bicyclic) bond motifs is 1. The van der Waals surface area contributed by atoms with E-state index in [2.05, 4.69) is 10.5 Å². The molecule has 9 heteroatoms. The van der Waals surface area contributed by atoms with Gasteiger partial charge in [-0.1, -0.05) is 48.0 Å². The average Bonchev–Trinajstić information content (AvgIpc) is 2.92. The third-order valence-electron chi connectivity index (χ3n) is 5.92. The fraction of sp³-hybridized carbons (Fsp3) is 0.172. The molecular weight excluding hydrogens is 502 g/mol. The number of ether oxygens (including phenoxy) is 1. The van der Waals surface area contributed by atoms with Gasteiger partial charge in [-0.3, -0.25) is 9.10 Å². The summed E-state index contributed by atoms with van der Waals surface area (Å²) in [5.41, 5.74) is 4.39. The van der Waals surface area contributed by atoms with Gasteiger partial charge in [-0.15, -0.1) is 0 Å². The zero-order chi connectivity index (χ0) is 27.1. The molecule has 4 aromatic carbocycles. The second kappa shape index (κ2) is 11.8. The van der Waals surface area contributed by atoms with Gasteiger partial charge >= 0.3 is 0 Å². The van der Waals surface area contributed by atoms with Crippen molar-refractivity contribution in [3.63, 3.8) is 0 Å². The molecule has 196 valence electrons. The molecule has 4 aromatic rings. The molecule has 0 atom stereocenters. The normalized spacial score (nSPS) is 11.5. The molecule has 0 aliphatic rings. The van der Waals surface area contributed by atoms with Crippen LogP contribution in [0.3, 0.4) is 0 Å². The maximum atomic E-state index is 13.5. The maximum absolute atomic E-state index is 13.5. The van der Waals surface area contributed by atoms with E-state index < -0.39 is 22.5 Å². The molecule has 0 radical (unpaired) electrons. The van der Waals surface area contributed by atoms with Gasteiger partial charge in [0.1, 0.15) is 18.0 Å². The zero-order valence-corrected chi connectivity index (χ0v) is 22.0. The minimum atomic E-state index is -4.07. The number of amides is 1. The van der Waals surface area contributed by atoms with Gasteiger partial charge in [-0.25, -0.2) is 13.8 Å². The monoisotopic (exact) mass is 531 g/mol. The third kappa shape index (κ3) is 6.12. The van der Waals surface area contributed by atoms with Crippen LogP contribution in [-0.4, -0.2) is 38.8 Å². The van der Waals surface area contributed by atoms with E-state index in [9.17, 15) is 18.3 Å². The minimum absolute atomic E-state index is 0.0317. The first-order chi connectivity index (χ1) is 18.3. The summed E-state index contributed by atoms with van der Waals surface area (Å²) in [5.74, 6) is 0.0737. The van der Waals surface area contributed by atoms with E-state index in [0.717, 1.165) is 20.6 Å². The van der Waals surface area contributed by atoms with Gasteiger partial charge in [0.05, 0.1) is 17.2 Å². The molecule has 0 spiro atoms. The predicted octanol–water partition coefficient (Wildman–Crippen LogP) is 4.79. The SMILES string of the molecule is CCOc1ccc(S(=O)(=O)N(CC(=O)N/N=C\Cc2c(O)ccc3ccccc23)c2ccc(C)cc2)cc1. The average molecular weight is 532 g/mol. The second-order valence-corrected chi connectivity index (χ2v) is 10.4. The lowest BCUT2D eigenvalue weighted by Crippen LogP contribution is -2.39. The fourth-order valence-corrected chi connectivity index (χ4v) is 5.41. The van der Waals surface area contributed by atoms with Crippen LogP contribution < -0.4 is 14.5 Å². The van der Waals surface area contributed by atoms with Crippen LogP contribution in [0, 0.1) is 6.92 Å².